The first-order chi connectivity index (χ1) is 10.3. The molecule has 0 aliphatic carbocycles. The summed E-state index contributed by atoms with van der Waals surface area (Å²) >= 11 is 0. The smallest absolute Gasteiger partial charge is 0.266 e. The molecule has 0 radical (unpaired) electrons. The van der Waals surface area contributed by atoms with Gasteiger partial charge in [0.15, 0.2) is 0 Å². The van der Waals surface area contributed by atoms with Crippen LogP contribution in [-0.2, 0) is 13.0 Å². The van der Waals surface area contributed by atoms with Gasteiger partial charge in [-0.15, -0.1) is 0 Å². The number of aromatic nitrogens is 3. The molecular weight excluding hydrogens is 268 g/mol. The van der Waals surface area contributed by atoms with Crippen molar-refractivity contribution < 1.29 is 8.94 Å². The van der Waals surface area contributed by atoms with Crippen LogP contribution < -0.4 is 4.90 Å². The molecule has 0 spiro atoms. The summed E-state index contributed by atoms with van der Waals surface area (Å²) in [4.78, 5) is 11.1. The molecule has 0 saturated heterocycles. The maximum absolute atomic E-state index is 5.80. The first-order valence-corrected chi connectivity index (χ1v) is 6.88. The van der Waals surface area contributed by atoms with E-state index in [0.29, 0.717) is 18.2 Å². The molecule has 0 aromatic carbocycles. The topological polar surface area (TPSA) is 68.2 Å². The van der Waals surface area contributed by atoms with Crippen LogP contribution in [0.3, 0.4) is 0 Å². The molecule has 6 heteroatoms. The quantitative estimate of drug-likeness (QED) is 0.719. The van der Waals surface area contributed by atoms with Gasteiger partial charge in [-0.1, -0.05) is 11.2 Å². The highest BCUT2D eigenvalue weighted by molar-refractivity contribution is 5.47. The van der Waals surface area contributed by atoms with Crippen LogP contribution >= 0.6 is 0 Å². The Morgan fingerprint density at radius 2 is 2.24 bits per heavy atom. The van der Waals surface area contributed by atoms with Gasteiger partial charge in [0.2, 0.25) is 5.76 Å². The van der Waals surface area contributed by atoms with Crippen LogP contribution in [0.4, 0.5) is 5.82 Å². The van der Waals surface area contributed by atoms with Gasteiger partial charge in [0.05, 0.1) is 12.2 Å². The Morgan fingerprint density at radius 3 is 3.00 bits per heavy atom. The van der Waals surface area contributed by atoms with Crippen LogP contribution in [-0.4, -0.2) is 21.7 Å². The summed E-state index contributed by atoms with van der Waals surface area (Å²) in [5.41, 5.74) is 1.76. The van der Waals surface area contributed by atoms with Crippen LogP contribution in [0.2, 0.25) is 0 Å². The van der Waals surface area contributed by atoms with E-state index in [2.05, 4.69) is 20.0 Å². The lowest BCUT2D eigenvalue weighted by Gasteiger charge is -2.26. The van der Waals surface area contributed by atoms with Crippen LogP contribution in [0.25, 0.3) is 11.7 Å². The number of hydrogen-bond acceptors (Lipinski definition) is 6. The molecule has 0 N–H and O–H groups in total. The molecule has 1 aliphatic heterocycles. The maximum Gasteiger partial charge on any atom is 0.266 e. The van der Waals surface area contributed by atoms with Gasteiger partial charge in [0, 0.05) is 25.2 Å². The molecule has 106 valence electrons. The molecule has 3 aromatic heterocycles. The summed E-state index contributed by atoms with van der Waals surface area (Å²) in [7, 11) is 0. The predicted octanol–water partition coefficient (Wildman–Crippen LogP) is 2.60. The average molecular weight is 282 g/mol. The lowest BCUT2D eigenvalue weighted by atomic mass is 10.1. The average Bonchev–Trinajstić information content (AvgIpc) is 3.13. The van der Waals surface area contributed by atoms with Crippen molar-refractivity contribution in [2.75, 3.05) is 11.4 Å². The molecule has 4 rings (SSSR count). The van der Waals surface area contributed by atoms with E-state index in [1.165, 1.54) is 0 Å². The lowest BCUT2D eigenvalue weighted by molar-refractivity contribution is 0.405. The van der Waals surface area contributed by atoms with Crippen molar-refractivity contribution >= 4 is 5.82 Å². The first kappa shape index (κ1) is 12.1. The van der Waals surface area contributed by atoms with E-state index in [0.717, 1.165) is 35.9 Å². The highest BCUT2D eigenvalue weighted by Crippen LogP contribution is 2.28. The van der Waals surface area contributed by atoms with Gasteiger partial charge >= 0.3 is 0 Å². The van der Waals surface area contributed by atoms with E-state index in [4.69, 9.17) is 8.94 Å². The summed E-state index contributed by atoms with van der Waals surface area (Å²) in [6.07, 6.45) is 2.61. The number of oxazole rings is 1. The molecule has 0 amide bonds. The van der Waals surface area contributed by atoms with Crippen molar-refractivity contribution in [2.24, 2.45) is 0 Å². The van der Waals surface area contributed by atoms with E-state index in [9.17, 15) is 0 Å². The fourth-order valence-electron chi connectivity index (χ4n) is 2.50. The number of pyridine rings is 1. The van der Waals surface area contributed by atoms with Crippen molar-refractivity contribution in [2.45, 2.75) is 19.9 Å². The van der Waals surface area contributed by atoms with E-state index in [1.807, 2.05) is 31.2 Å². The molecule has 0 unspecified atom stereocenters. The normalized spacial score (nSPS) is 14.2. The van der Waals surface area contributed by atoms with Crippen LogP contribution in [0, 0.1) is 6.92 Å². The fourth-order valence-corrected chi connectivity index (χ4v) is 2.50. The summed E-state index contributed by atoms with van der Waals surface area (Å²) in [6.45, 7) is 3.44. The molecule has 0 bridgehead atoms. The zero-order chi connectivity index (χ0) is 14.2. The Bertz CT molecular complexity index is 763. The molecular formula is C15H14N4O2. The highest BCUT2D eigenvalue weighted by atomic mass is 16.5. The van der Waals surface area contributed by atoms with Gasteiger partial charge in [0.25, 0.3) is 5.89 Å². The largest absolute Gasteiger partial charge is 0.438 e. The van der Waals surface area contributed by atoms with Gasteiger partial charge < -0.3 is 13.8 Å². The number of nitrogens with zero attached hydrogens (tertiary/aromatic N) is 4. The Hall–Kier alpha value is -2.63. The van der Waals surface area contributed by atoms with E-state index >= 15 is 0 Å². The van der Waals surface area contributed by atoms with E-state index in [1.54, 1.807) is 6.20 Å². The summed E-state index contributed by atoms with van der Waals surface area (Å²) in [5, 5.41) is 3.87. The first-order valence-electron chi connectivity index (χ1n) is 6.88. The van der Waals surface area contributed by atoms with Crippen molar-refractivity contribution in [3.8, 4) is 11.7 Å². The number of hydrogen-bond donors (Lipinski definition) is 0. The van der Waals surface area contributed by atoms with Crippen molar-refractivity contribution in [1.29, 1.82) is 0 Å². The van der Waals surface area contributed by atoms with Crippen molar-refractivity contribution in [1.82, 2.24) is 15.1 Å². The van der Waals surface area contributed by atoms with Crippen molar-refractivity contribution in [3.05, 3.63) is 47.6 Å². The zero-order valence-electron chi connectivity index (χ0n) is 11.6. The molecule has 21 heavy (non-hydrogen) atoms. The molecule has 6 nitrogen and oxygen atoms in total. The summed E-state index contributed by atoms with van der Waals surface area (Å²) in [6, 6.07) is 7.74. The van der Waals surface area contributed by atoms with Gasteiger partial charge in [0.1, 0.15) is 17.3 Å². The van der Waals surface area contributed by atoms with Gasteiger partial charge in [-0.05, 0) is 19.1 Å². The zero-order valence-corrected chi connectivity index (χ0v) is 11.6. The van der Waals surface area contributed by atoms with Gasteiger partial charge in [-0.25, -0.2) is 9.97 Å². The number of aryl methyl sites for hydroxylation is 1. The van der Waals surface area contributed by atoms with Crippen LogP contribution in [0.15, 0.2) is 39.4 Å². The molecule has 0 fully saturated rings. The van der Waals surface area contributed by atoms with E-state index in [-0.39, 0.29) is 0 Å². The lowest BCUT2D eigenvalue weighted by Crippen LogP contribution is -2.30. The third kappa shape index (κ3) is 2.18. The molecule has 3 aromatic rings. The number of rotatable bonds is 2. The van der Waals surface area contributed by atoms with Crippen LogP contribution in [0.1, 0.15) is 17.1 Å². The monoisotopic (exact) mass is 282 g/mol. The number of fused-ring (bicyclic) bond motifs is 1. The second-order valence-electron chi connectivity index (χ2n) is 5.08. The second kappa shape index (κ2) is 4.73. The Kier molecular flexibility index (Phi) is 2.73. The molecule has 0 atom stereocenters. The Balaban J connectivity index is 1.63. The standard InChI is InChI=1S/C15H14N4O2/c1-10-8-13(21-18-10)15-17-11-9-19(7-5-12(11)20-15)14-4-2-3-6-16-14/h2-4,6,8H,5,7,9H2,1H3. The third-order valence-electron chi connectivity index (χ3n) is 3.54. The number of anilines is 1. The third-order valence-corrected chi connectivity index (χ3v) is 3.54. The Morgan fingerprint density at radius 1 is 1.29 bits per heavy atom. The molecule has 0 saturated carbocycles. The Labute approximate surface area is 121 Å². The molecule has 1 aliphatic rings. The highest BCUT2D eigenvalue weighted by Gasteiger charge is 2.24. The SMILES string of the molecule is Cc1cc(-c2nc3c(o2)CCN(c2ccccn2)C3)on1. The van der Waals surface area contributed by atoms with Gasteiger partial charge in [-0.3, -0.25) is 0 Å². The summed E-state index contributed by atoms with van der Waals surface area (Å²) in [5.74, 6) is 2.96. The molecule has 4 heterocycles. The fraction of sp³-hybridized carbons (Fsp3) is 0.267. The van der Waals surface area contributed by atoms with E-state index < -0.39 is 0 Å². The second-order valence-corrected chi connectivity index (χ2v) is 5.08. The maximum atomic E-state index is 5.80. The minimum absolute atomic E-state index is 0.503. The minimum Gasteiger partial charge on any atom is -0.438 e. The predicted molar refractivity (Wildman–Crippen MR) is 75.7 cm³/mol. The summed E-state index contributed by atoms with van der Waals surface area (Å²) < 4.78 is 11.0. The minimum atomic E-state index is 0.503. The van der Waals surface area contributed by atoms with Crippen LogP contribution in [0.5, 0.6) is 0 Å². The van der Waals surface area contributed by atoms with Gasteiger partial charge in [-0.2, -0.15) is 0 Å². The van der Waals surface area contributed by atoms with Crippen molar-refractivity contribution in [3.63, 3.8) is 0 Å².